The molecule has 1 aromatic heterocycles. The first-order valence-electron chi connectivity index (χ1n) is 8.97. The summed E-state index contributed by atoms with van der Waals surface area (Å²) < 4.78 is 15.5. The number of aryl methyl sites for hydroxylation is 1. The number of carbonyl (C=O) groups is 1. The van der Waals surface area contributed by atoms with Crippen LogP contribution in [0.5, 0.6) is 0 Å². The zero-order valence-electron chi connectivity index (χ0n) is 14.1. The first kappa shape index (κ1) is 16.1. The average Bonchev–Trinajstić information content (AvgIpc) is 3.16. The van der Waals surface area contributed by atoms with E-state index in [2.05, 4.69) is 20.1 Å². The van der Waals surface area contributed by atoms with Gasteiger partial charge in [0.1, 0.15) is 11.6 Å². The van der Waals surface area contributed by atoms with Gasteiger partial charge in [0.15, 0.2) is 5.82 Å². The summed E-state index contributed by atoms with van der Waals surface area (Å²) in [4.78, 5) is 14.5. The van der Waals surface area contributed by atoms with E-state index in [1.165, 1.54) is 18.6 Å². The second kappa shape index (κ2) is 6.82. The Balaban J connectivity index is 1.54. The number of halogens is 1. The molecule has 132 valence electrons. The summed E-state index contributed by atoms with van der Waals surface area (Å²) in [6.45, 7) is 1.60. The third-order valence-electron chi connectivity index (χ3n) is 5.03. The van der Waals surface area contributed by atoms with Crippen LogP contribution in [0, 0.1) is 5.82 Å². The number of aromatic nitrogens is 3. The van der Waals surface area contributed by atoms with E-state index in [0.717, 1.165) is 50.3 Å². The zero-order chi connectivity index (χ0) is 17.2. The molecule has 0 radical (unpaired) electrons. The van der Waals surface area contributed by atoms with Gasteiger partial charge in [-0.2, -0.15) is 0 Å². The number of likely N-dealkylation sites (tertiary alicyclic amines) is 1. The van der Waals surface area contributed by atoms with Gasteiger partial charge in [-0.3, -0.25) is 0 Å². The van der Waals surface area contributed by atoms with E-state index in [4.69, 9.17) is 0 Å². The van der Waals surface area contributed by atoms with Crippen molar-refractivity contribution >= 4 is 11.7 Å². The van der Waals surface area contributed by atoms with Crippen molar-refractivity contribution in [1.29, 1.82) is 0 Å². The number of benzene rings is 1. The van der Waals surface area contributed by atoms with Crippen LogP contribution in [0.3, 0.4) is 0 Å². The molecule has 4 rings (SSSR count). The number of urea groups is 1. The highest BCUT2D eigenvalue weighted by molar-refractivity contribution is 5.89. The van der Waals surface area contributed by atoms with Crippen molar-refractivity contribution < 1.29 is 9.18 Å². The minimum Gasteiger partial charge on any atom is -0.314 e. The number of nitrogens with zero attached hydrogens (tertiary/aromatic N) is 4. The van der Waals surface area contributed by atoms with Gasteiger partial charge in [0, 0.05) is 25.2 Å². The lowest BCUT2D eigenvalue weighted by Crippen LogP contribution is -2.35. The van der Waals surface area contributed by atoms with Gasteiger partial charge in [0.05, 0.1) is 6.04 Å². The molecule has 0 unspecified atom stereocenters. The van der Waals surface area contributed by atoms with Crippen LogP contribution < -0.4 is 5.32 Å². The molecule has 1 saturated heterocycles. The van der Waals surface area contributed by atoms with Crippen LogP contribution in [0.25, 0.3) is 0 Å². The summed E-state index contributed by atoms with van der Waals surface area (Å²) in [5.74, 6) is 1.56. The summed E-state index contributed by atoms with van der Waals surface area (Å²) >= 11 is 0. The Labute approximate surface area is 146 Å². The van der Waals surface area contributed by atoms with Crippen molar-refractivity contribution in [2.24, 2.45) is 0 Å². The molecule has 2 aliphatic rings. The monoisotopic (exact) mass is 343 g/mol. The van der Waals surface area contributed by atoms with E-state index >= 15 is 0 Å². The van der Waals surface area contributed by atoms with Gasteiger partial charge in [0.25, 0.3) is 0 Å². The molecule has 1 atom stereocenters. The van der Waals surface area contributed by atoms with Crippen molar-refractivity contribution in [2.45, 2.75) is 51.1 Å². The summed E-state index contributed by atoms with van der Waals surface area (Å²) in [7, 11) is 0. The van der Waals surface area contributed by atoms with E-state index in [1.54, 1.807) is 17.0 Å². The van der Waals surface area contributed by atoms with Crippen LogP contribution in [-0.4, -0.2) is 32.2 Å². The highest BCUT2D eigenvalue weighted by Crippen LogP contribution is 2.32. The van der Waals surface area contributed by atoms with E-state index in [0.29, 0.717) is 12.2 Å². The van der Waals surface area contributed by atoms with Gasteiger partial charge < -0.3 is 14.8 Å². The molecule has 0 spiro atoms. The number of nitrogens with one attached hydrogen (secondary N) is 1. The third-order valence-corrected chi connectivity index (χ3v) is 5.03. The Kier molecular flexibility index (Phi) is 4.38. The number of fused-ring (bicyclic) bond motifs is 1. The first-order valence-corrected chi connectivity index (χ1v) is 8.97. The molecule has 1 fully saturated rings. The Morgan fingerprint density at radius 1 is 1.16 bits per heavy atom. The molecule has 2 aromatic rings. The van der Waals surface area contributed by atoms with Crippen LogP contribution in [0.2, 0.25) is 0 Å². The molecule has 7 heteroatoms. The van der Waals surface area contributed by atoms with E-state index in [1.807, 2.05) is 0 Å². The Morgan fingerprint density at radius 2 is 2.08 bits per heavy atom. The fourth-order valence-corrected chi connectivity index (χ4v) is 3.79. The van der Waals surface area contributed by atoms with Crippen molar-refractivity contribution in [2.75, 3.05) is 11.9 Å². The quantitative estimate of drug-likeness (QED) is 0.907. The lowest BCUT2D eigenvalue weighted by molar-refractivity contribution is 0.203. The summed E-state index contributed by atoms with van der Waals surface area (Å²) in [6, 6.07) is 5.69. The van der Waals surface area contributed by atoms with Gasteiger partial charge in [-0.05, 0) is 43.9 Å². The number of hydrogen-bond acceptors (Lipinski definition) is 3. The lowest BCUT2D eigenvalue weighted by Gasteiger charge is -2.25. The van der Waals surface area contributed by atoms with Crippen molar-refractivity contribution in [3.63, 3.8) is 0 Å². The van der Waals surface area contributed by atoms with Gasteiger partial charge >= 0.3 is 6.03 Å². The Morgan fingerprint density at radius 3 is 2.96 bits per heavy atom. The van der Waals surface area contributed by atoms with E-state index in [9.17, 15) is 9.18 Å². The number of anilines is 1. The van der Waals surface area contributed by atoms with Crippen molar-refractivity contribution in [1.82, 2.24) is 19.7 Å². The highest BCUT2D eigenvalue weighted by atomic mass is 19.1. The third kappa shape index (κ3) is 3.23. The normalized spacial score (nSPS) is 20.2. The topological polar surface area (TPSA) is 63.1 Å². The van der Waals surface area contributed by atoms with Crippen LogP contribution >= 0.6 is 0 Å². The standard InChI is InChI=1S/C18H22FN5O/c19-13-6-4-7-14(12-13)20-18(25)23-11-5-8-15(23)17-22-21-16-9-2-1-3-10-24(16)17/h4,6-7,12,15H,1-3,5,8-11H2,(H,20,25)/t15-/m1/s1. The fraction of sp³-hybridized carbons (Fsp3) is 0.500. The largest absolute Gasteiger partial charge is 0.322 e. The fourth-order valence-electron chi connectivity index (χ4n) is 3.79. The van der Waals surface area contributed by atoms with Gasteiger partial charge in [0.2, 0.25) is 0 Å². The maximum Gasteiger partial charge on any atom is 0.322 e. The Bertz CT molecular complexity index is 775. The number of amides is 2. The second-order valence-corrected chi connectivity index (χ2v) is 6.73. The molecule has 2 amide bonds. The van der Waals surface area contributed by atoms with Crippen molar-refractivity contribution in [3.8, 4) is 0 Å². The molecular weight excluding hydrogens is 321 g/mol. The second-order valence-electron chi connectivity index (χ2n) is 6.73. The zero-order valence-corrected chi connectivity index (χ0v) is 14.1. The Hall–Kier alpha value is -2.44. The summed E-state index contributed by atoms with van der Waals surface area (Å²) in [5, 5.41) is 11.6. The predicted molar refractivity (Wildman–Crippen MR) is 91.7 cm³/mol. The van der Waals surface area contributed by atoms with E-state index in [-0.39, 0.29) is 17.9 Å². The molecular formula is C18H22FN5O. The molecule has 1 aromatic carbocycles. The summed E-state index contributed by atoms with van der Waals surface area (Å²) in [6.07, 6.45) is 6.25. The molecule has 6 nitrogen and oxygen atoms in total. The number of carbonyl (C=O) groups excluding carboxylic acids is 1. The van der Waals surface area contributed by atoms with Crippen LogP contribution in [0.1, 0.15) is 49.8 Å². The van der Waals surface area contributed by atoms with E-state index < -0.39 is 0 Å². The SMILES string of the molecule is O=C(Nc1cccc(F)c1)N1CCC[C@@H]1c1nnc2n1CCCCC2. The molecule has 0 aliphatic carbocycles. The smallest absolute Gasteiger partial charge is 0.314 e. The maximum absolute atomic E-state index is 13.3. The molecule has 3 heterocycles. The van der Waals surface area contributed by atoms with Crippen molar-refractivity contribution in [3.05, 3.63) is 41.7 Å². The minimum absolute atomic E-state index is 0.0621. The van der Waals surface area contributed by atoms with Gasteiger partial charge in [-0.1, -0.05) is 12.5 Å². The van der Waals surface area contributed by atoms with Gasteiger partial charge in [-0.15, -0.1) is 10.2 Å². The van der Waals surface area contributed by atoms with Gasteiger partial charge in [-0.25, -0.2) is 9.18 Å². The molecule has 2 aliphatic heterocycles. The minimum atomic E-state index is -0.362. The highest BCUT2D eigenvalue weighted by Gasteiger charge is 2.34. The van der Waals surface area contributed by atoms with Crippen LogP contribution in [0.4, 0.5) is 14.9 Å². The van der Waals surface area contributed by atoms with Crippen LogP contribution in [-0.2, 0) is 13.0 Å². The molecule has 0 bridgehead atoms. The number of rotatable bonds is 2. The summed E-state index contributed by atoms with van der Waals surface area (Å²) in [5.41, 5.74) is 0.468. The number of hydrogen-bond donors (Lipinski definition) is 1. The maximum atomic E-state index is 13.3. The molecule has 1 N–H and O–H groups in total. The first-order chi connectivity index (χ1) is 12.2. The molecule has 25 heavy (non-hydrogen) atoms. The van der Waals surface area contributed by atoms with Crippen LogP contribution in [0.15, 0.2) is 24.3 Å². The lowest BCUT2D eigenvalue weighted by atomic mass is 10.2. The average molecular weight is 343 g/mol. The molecule has 0 saturated carbocycles. The predicted octanol–water partition coefficient (Wildman–Crippen LogP) is 3.51.